The van der Waals surface area contributed by atoms with Gasteiger partial charge in [-0.3, -0.25) is 0 Å². The molecule has 1 aliphatic heterocycles. The lowest BCUT2D eigenvalue weighted by Crippen LogP contribution is -2.55. The number of aliphatic hydroxyl groups excluding tert-OH is 4. The van der Waals surface area contributed by atoms with Gasteiger partial charge in [-0.1, -0.05) is 41.9 Å². The third-order valence-corrected chi connectivity index (χ3v) is 6.62. The predicted molar refractivity (Wildman–Crippen MR) is 109 cm³/mol. The van der Waals surface area contributed by atoms with Crippen LogP contribution in [-0.4, -0.2) is 51.4 Å². The van der Waals surface area contributed by atoms with Gasteiger partial charge in [-0.05, 0) is 34.7 Å². The van der Waals surface area contributed by atoms with Gasteiger partial charge < -0.3 is 25.2 Å². The molecule has 148 valence electrons. The first-order valence-corrected chi connectivity index (χ1v) is 10.2. The molecular weight excluding hydrogens is 400 g/mol. The van der Waals surface area contributed by atoms with Crippen molar-refractivity contribution < 1.29 is 25.2 Å². The van der Waals surface area contributed by atoms with E-state index in [1.54, 1.807) is 23.5 Å². The summed E-state index contributed by atoms with van der Waals surface area (Å²) in [6.45, 7) is -0.455. The van der Waals surface area contributed by atoms with Gasteiger partial charge in [-0.15, -0.1) is 11.3 Å². The standard InChI is InChI=1S/C21H21ClO5S/c22-15-6-5-12(21-20(26)19(25)18(24)16(10-23)27-21)7-13(15)9-14-8-11-3-1-2-4-17(11)28-14/h1-8,16,18-21,23-26H,9-10H2/t16?,18-,19?,20-,21?/m1/s1. The van der Waals surface area contributed by atoms with Crippen LogP contribution in [0.2, 0.25) is 5.02 Å². The molecule has 4 rings (SSSR count). The van der Waals surface area contributed by atoms with Gasteiger partial charge >= 0.3 is 0 Å². The number of fused-ring (bicyclic) bond motifs is 1. The number of ether oxygens (including phenoxy) is 1. The lowest BCUT2D eigenvalue weighted by atomic mass is 9.90. The third kappa shape index (κ3) is 3.69. The first-order valence-electron chi connectivity index (χ1n) is 9.04. The lowest BCUT2D eigenvalue weighted by Gasteiger charge is -2.40. The molecule has 0 saturated carbocycles. The summed E-state index contributed by atoms with van der Waals surface area (Å²) in [7, 11) is 0. The largest absolute Gasteiger partial charge is 0.394 e. The molecule has 5 nitrogen and oxygen atoms in total. The summed E-state index contributed by atoms with van der Waals surface area (Å²) in [5, 5.41) is 41.6. The maximum absolute atomic E-state index is 10.4. The van der Waals surface area contributed by atoms with Gasteiger partial charge in [0.2, 0.25) is 0 Å². The van der Waals surface area contributed by atoms with Gasteiger partial charge in [0.1, 0.15) is 30.5 Å². The number of aliphatic hydroxyl groups is 4. The van der Waals surface area contributed by atoms with Crippen molar-refractivity contribution in [1.82, 2.24) is 0 Å². The Bertz CT molecular complexity index is 939. The van der Waals surface area contributed by atoms with E-state index in [-0.39, 0.29) is 0 Å². The highest BCUT2D eigenvalue weighted by Crippen LogP contribution is 2.35. The first kappa shape index (κ1) is 19.8. The monoisotopic (exact) mass is 420 g/mol. The molecule has 5 atom stereocenters. The van der Waals surface area contributed by atoms with Gasteiger partial charge in [0, 0.05) is 21.0 Å². The highest BCUT2D eigenvalue weighted by molar-refractivity contribution is 7.19. The summed E-state index contributed by atoms with van der Waals surface area (Å²) in [5.74, 6) is 0. The van der Waals surface area contributed by atoms with Crippen molar-refractivity contribution >= 4 is 33.0 Å². The van der Waals surface area contributed by atoms with E-state index in [1.807, 2.05) is 18.2 Å². The second-order valence-corrected chi connectivity index (χ2v) is 8.60. The van der Waals surface area contributed by atoms with Crippen LogP contribution in [0, 0.1) is 0 Å². The number of rotatable bonds is 4. The van der Waals surface area contributed by atoms with E-state index in [0.29, 0.717) is 17.0 Å². The Balaban J connectivity index is 1.63. The summed E-state index contributed by atoms with van der Waals surface area (Å²) in [4.78, 5) is 1.16. The Morgan fingerprint density at radius 1 is 0.964 bits per heavy atom. The number of hydrogen-bond acceptors (Lipinski definition) is 6. The van der Waals surface area contributed by atoms with Crippen LogP contribution in [0.3, 0.4) is 0 Å². The Hall–Kier alpha value is -1.51. The summed E-state index contributed by atoms with van der Waals surface area (Å²) in [5.41, 5.74) is 1.51. The fourth-order valence-corrected chi connectivity index (χ4v) is 4.87. The number of halogens is 1. The maximum atomic E-state index is 10.4. The van der Waals surface area contributed by atoms with Crippen molar-refractivity contribution in [3.05, 3.63) is 69.6 Å². The Morgan fingerprint density at radius 2 is 1.75 bits per heavy atom. The van der Waals surface area contributed by atoms with Crippen LogP contribution in [0.25, 0.3) is 10.1 Å². The van der Waals surface area contributed by atoms with Crippen LogP contribution in [0.4, 0.5) is 0 Å². The van der Waals surface area contributed by atoms with Crippen molar-refractivity contribution in [3.63, 3.8) is 0 Å². The molecular formula is C21H21ClO5S. The number of benzene rings is 2. The predicted octanol–water partition coefficient (Wildman–Crippen LogP) is 2.66. The molecule has 0 radical (unpaired) electrons. The highest BCUT2D eigenvalue weighted by atomic mass is 35.5. The third-order valence-electron chi connectivity index (χ3n) is 5.13. The highest BCUT2D eigenvalue weighted by Gasteiger charge is 2.44. The fraction of sp³-hybridized carbons (Fsp3) is 0.333. The van der Waals surface area contributed by atoms with Crippen LogP contribution < -0.4 is 0 Å². The SMILES string of the molecule is OCC1OC(c2ccc(Cl)c(Cc3cc4ccccc4s3)c2)[C@H](O)C(O)[C@@H]1O. The van der Waals surface area contributed by atoms with Crippen LogP contribution in [0.5, 0.6) is 0 Å². The summed E-state index contributed by atoms with van der Waals surface area (Å²) >= 11 is 8.10. The van der Waals surface area contributed by atoms with Gasteiger partial charge in [0.05, 0.1) is 6.61 Å². The zero-order chi connectivity index (χ0) is 19.8. The Labute approximate surface area is 171 Å². The van der Waals surface area contributed by atoms with Gasteiger partial charge in [-0.2, -0.15) is 0 Å². The van der Waals surface area contributed by atoms with E-state index in [2.05, 4.69) is 18.2 Å². The quantitative estimate of drug-likeness (QED) is 0.521. The molecule has 0 aliphatic carbocycles. The molecule has 1 saturated heterocycles. The number of hydrogen-bond donors (Lipinski definition) is 4. The number of thiophene rings is 1. The minimum atomic E-state index is -1.40. The van der Waals surface area contributed by atoms with E-state index in [4.69, 9.17) is 16.3 Å². The summed E-state index contributed by atoms with van der Waals surface area (Å²) in [6.07, 6.45) is -5.27. The smallest absolute Gasteiger partial charge is 0.113 e. The van der Waals surface area contributed by atoms with Crippen molar-refractivity contribution in [2.75, 3.05) is 6.61 Å². The molecule has 2 aromatic carbocycles. The topological polar surface area (TPSA) is 90.2 Å². The Morgan fingerprint density at radius 3 is 2.50 bits per heavy atom. The van der Waals surface area contributed by atoms with Gasteiger partial charge in [0.25, 0.3) is 0 Å². The molecule has 2 heterocycles. The van der Waals surface area contributed by atoms with E-state index in [0.717, 1.165) is 10.4 Å². The molecule has 0 spiro atoms. The van der Waals surface area contributed by atoms with Crippen LogP contribution in [-0.2, 0) is 11.2 Å². The molecule has 0 amide bonds. The maximum Gasteiger partial charge on any atom is 0.113 e. The average molecular weight is 421 g/mol. The molecule has 3 aromatic rings. The van der Waals surface area contributed by atoms with Crippen LogP contribution >= 0.6 is 22.9 Å². The van der Waals surface area contributed by atoms with Gasteiger partial charge in [-0.25, -0.2) is 0 Å². The zero-order valence-corrected chi connectivity index (χ0v) is 16.5. The second-order valence-electron chi connectivity index (χ2n) is 7.03. The van der Waals surface area contributed by atoms with E-state index in [9.17, 15) is 20.4 Å². The minimum absolute atomic E-state index is 0.455. The first-order chi connectivity index (χ1) is 13.5. The normalized spacial score (nSPS) is 28.0. The summed E-state index contributed by atoms with van der Waals surface area (Å²) < 4.78 is 6.87. The van der Waals surface area contributed by atoms with Crippen molar-refractivity contribution in [3.8, 4) is 0 Å². The molecule has 3 unspecified atom stereocenters. The summed E-state index contributed by atoms with van der Waals surface area (Å²) in [6, 6.07) is 15.6. The van der Waals surface area contributed by atoms with E-state index >= 15 is 0 Å². The molecule has 1 fully saturated rings. The molecule has 28 heavy (non-hydrogen) atoms. The minimum Gasteiger partial charge on any atom is -0.394 e. The van der Waals surface area contributed by atoms with Crippen molar-refractivity contribution in [1.29, 1.82) is 0 Å². The molecule has 1 aromatic heterocycles. The molecule has 0 bridgehead atoms. The molecule has 4 N–H and O–H groups in total. The van der Waals surface area contributed by atoms with Crippen LogP contribution in [0.1, 0.15) is 22.1 Å². The van der Waals surface area contributed by atoms with Crippen LogP contribution in [0.15, 0.2) is 48.5 Å². The van der Waals surface area contributed by atoms with Crippen molar-refractivity contribution in [2.45, 2.75) is 36.9 Å². The Kier molecular flexibility index (Phi) is 5.71. The van der Waals surface area contributed by atoms with E-state index < -0.39 is 37.1 Å². The fourth-order valence-electron chi connectivity index (χ4n) is 3.60. The van der Waals surface area contributed by atoms with Crippen molar-refractivity contribution in [2.24, 2.45) is 0 Å². The molecule has 7 heteroatoms. The zero-order valence-electron chi connectivity index (χ0n) is 14.9. The lowest BCUT2D eigenvalue weighted by molar-refractivity contribution is -0.231. The second kappa shape index (κ2) is 8.08. The molecule has 1 aliphatic rings. The average Bonchev–Trinajstić information content (AvgIpc) is 3.11. The van der Waals surface area contributed by atoms with E-state index in [1.165, 1.54) is 10.1 Å². The van der Waals surface area contributed by atoms with Gasteiger partial charge in [0.15, 0.2) is 0 Å².